The smallest absolute Gasteiger partial charge is 0.254 e. The lowest BCUT2D eigenvalue weighted by Gasteiger charge is -2.22. The zero-order valence-corrected chi connectivity index (χ0v) is 17.9. The molecule has 2 aliphatic rings. The maximum atomic E-state index is 13.1. The number of hydrogen-bond acceptors (Lipinski definition) is 4. The maximum absolute atomic E-state index is 13.1. The Balaban J connectivity index is 0.00000261. The molecule has 1 aromatic rings. The number of aryl methyl sites for hydroxylation is 1. The monoisotopic (exact) mass is 415 g/mol. The minimum absolute atomic E-state index is 0. The highest BCUT2D eigenvalue weighted by Gasteiger charge is 2.42. The molecule has 0 spiro atoms. The second-order valence-corrected chi connectivity index (χ2v) is 9.38. The number of fused-ring (bicyclic) bond motifs is 1. The van der Waals surface area contributed by atoms with Crippen molar-refractivity contribution < 1.29 is 13.2 Å². The number of nitrogens with zero attached hydrogens (tertiary/aromatic N) is 2. The van der Waals surface area contributed by atoms with Crippen LogP contribution in [0.4, 0.5) is 0 Å². The lowest BCUT2D eigenvalue weighted by atomic mass is 9.98. The van der Waals surface area contributed by atoms with Crippen LogP contribution in [0.5, 0.6) is 0 Å². The number of carbonyl (C=O) groups excluding carboxylic acids is 1. The molecule has 1 heterocycles. The summed E-state index contributed by atoms with van der Waals surface area (Å²) in [6.07, 6.45) is 2.11. The molecule has 1 saturated heterocycles. The maximum Gasteiger partial charge on any atom is 0.254 e. The van der Waals surface area contributed by atoms with E-state index in [-0.39, 0.29) is 29.3 Å². The molecule has 1 saturated carbocycles. The van der Waals surface area contributed by atoms with Crippen molar-refractivity contribution in [2.75, 3.05) is 26.2 Å². The highest BCUT2D eigenvalue weighted by Crippen LogP contribution is 2.37. The topological polar surface area (TPSA) is 83.7 Å². The van der Waals surface area contributed by atoms with E-state index in [0.29, 0.717) is 37.0 Å². The Morgan fingerprint density at radius 1 is 1.22 bits per heavy atom. The SMILES string of the molecule is CCN(CC)S(=O)(=O)c1ccc(C)c(C(=O)N2CC3CCC(N)C3C2)c1.Cl. The molecular formula is C19H30ClN3O3S. The van der Waals surface area contributed by atoms with E-state index in [2.05, 4.69) is 0 Å². The molecule has 3 atom stereocenters. The quantitative estimate of drug-likeness (QED) is 0.799. The fourth-order valence-corrected chi connectivity index (χ4v) is 5.83. The Morgan fingerprint density at radius 2 is 1.89 bits per heavy atom. The Bertz CT molecular complexity index is 795. The summed E-state index contributed by atoms with van der Waals surface area (Å²) in [5.74, 6) is 0.777. The van der Waals surface area contributed by atoms with E-state index in [1.807, 2.05) is 25.7 Å². The van der Waals surface area contributed by atoms with Crippen LogP contribution in [0.2, 0.25) is 0 Å². The van der Waals surface area contributed by atoms with Gasteiger partial charge in [0.05, 0.1) is 4.90 Å². The molecule has 1 amide bonds. The van der Waals surface area contributed by atoms with Crippen molar-refractivity contribution in [3.8, 4) is 0 Å². The molecule has 1 aliphatic carbocycles. The number of benzene rings is 1. The van der Waals surface area contributed by atoms with E-state index in [4.69, 9.17) is 5.73 Å². The minimum atomic E-state index is -3.58. The third kappa shape index (κ3) is 4.01. The number of hydrogen-bond donors (Lipinski definition) is 1. The summed E-state index contributed by atoms with van der Waals surface area (Å²) < 4.78 is 27.0. The van der Waals surface area contributed by atoms with Crippen molar-refractivity contribution in [2.24, 2.45) is 17.6 Å². The number of likely N-dealkylation sites (tertiary alicyclic amines) is 1. The molecule has 1 aliphatic heterocycles. The van der Waals surface area contributed by atoms with Crippen molar-refractivity contribution in [3.05, 3.63) is 29.3 Å². The van der Waals surface area contributed by atoms with Crippen molar-refractivity contribution in [2.45, 2.75) is 44.6 Å². The van der Waals surface area contributed by atoms with Crippen LogP contribution >= 0.6 is 12.4 Å². The average Bonchev–Trinajstić information content (AvgIpc) is 3.18. The van der Waals surface area contributed by atoms with E-state index in [0.717, 1.165) is 24.9 Å². The third-order valence-corrected chi connectivity index (χ3v) is 8.03. The van der Waals surface area contributed by atoms with Crippen molar-refractivity contribution in [1.29, 1.82) is 0 Å². The zero-order chi connectivity index (χ0) is 19.1. The van der Waals surface area contributed by atoms with Gasteiger partial charge in [0.2, 0.25) is 10.0 Å². The molecule has 1 aromatic carbocycles. The van der Waals surface area contributed by atoms with Gasteiger partial charge in [0.25, 0.3) is 5.91 Å². The van der Waals surface area contributed by atoms with Gasteiger partial charge in [0.15, 0.2) is 0 Å². The summed E-state index contributed by atoms with van der Waals surface area (Å²) in [4.78, 5) is 15.1. The van der Waals surface area contributed by atoms with Crippen molar-refractivity contribution in [3.63, 3.8) is 0 Å². The first-order chi connectivity index (χ1) is 12.3. The molecule has 2 N–H and O–H groups in total. The summed E-state index contributed by atoms with van der Waals surface area (Å²) in [6.45, 7) is 7.69. The molecule has 3 unspecified atom stereocenters. The van der Waals surface area contributed by atoms with Crippen LogP contribution in [0.15, 0.2) is 23.1 Å². The zero-order valence-electron chi connectivity index (χ0n) is 16.2. The first-order valence-corrected chi connectivity index (χ1v) is 10.9. The second-order valence-electron chi connectivity index (χ2n) is 7.44. The number of nitrogens with two attached hydrogens (primary N) is 1. The molecule has 27 heavy (non-hydrogen) atoms. The van der Waals surface area contributed by atoms with Crippen LogP contribution < -0.4 is 5.73 Å². The summed E-state index contributed by atoms with van der Waals surface area (Å²) >= 11 is 0. The lowest BCUT2D eigenvalue weighted by molar-refractivity contribution is 0.0778. The van der Waals surface area contributed by atoms with E-state index in [1.54, 1.807) is 18.2 Å². The number of carbonyl (C=O) groups is 1. The molecule has 0 bridgehead atoms. The van der Waals surface area contributed by atoms with Gasteiger partial charge in [-0.1, -0.05) is 19.9 Å². The Hall–Kier alpha value is -1.15. The molecule has 6 nitrogen and oxygen atoms in total. The molecule has 0 radical (unpaired) electrons. The minimum Gasteiger partial charge on any atom is -0.338 e. The normalized spacial score (nSPS) is 24.8. The van der Waals surface area contributed by atoms with Crippen LogP contribution in [0, 0.1) is 18.8 Å². The standard InChI is InChI=1S/C19H29N3O3S.ClH/c1-4-22(5-2)26(24,25)15-8-6-13(3)16(10-15)19(23)21-11-14-7-9-18(20)17(14)12-21;/h6,8,10,14,17-18H,4-5,7,9,11-12,20H2,1-3H3;1H. The lowest BCUT2D eigenvalue weighted by Crippen LogP contribution is -2.34. The predicted octanol–water partition coefficient (Wildman–Crippen LogP) is 2.26. The first-order valence-electron chi connectivity index (χ1n) is 9.45. The number of halogens is 1. The molecule has 0 aromatic heterocycles. The summed E-state index contributed by atoms with van der Waals surface area (Å²) in [5, 5.41) is 0. The first kappa shape index (κ1) is 22.1. The van der Waals surface area contributed by atoms with E-state index in [1.165, 1.54) is 4.31 Å². The highest BCUT2D eigenvalue weighted by molar-refractivity contribution is 7.89. The molecule has 2 fully saturated rings. The van der Waals surface area contributed by atoms with Crippen LogP contribution in [-0.4, -0.2) is 55.8 Å². The van der Waals surface area contributed by atoms with E-state index < -0.39 is 10.0 Å². The number of amides is 1. The number of rotatable bonds is 5. The van der Waals surface area contributed by atoms with E-state index in [9.17, 15) is 13.2 Å². The van der Waals surface area contributed by atoms with Crippen LogP contribution in [-0.2, 0) is 10.0 Å². The van der Waals surface area contributed by atoms with Gasteiger partial charge in [-0.3, -0.25) is 4.79 Å². The molecular weight excluding hydrogens is 386 g/mol. The fourth-order valence-electron chi connectivity index (χ4n) is 4.35. The van der Waals surface area contributed by atoms with Gasteiger partial charge >= 0.3 is 0 Å². The largest absolute Gasteiger partial charge is 0.338 e. The van der Waals surface area contributed by atoms with Gasteiger partial charge in [-0.25, -0.2) is 8.42 Å². The number of sulfonamides is 1. The Kier molecular flexibility index (Phi) is 6.95. The van der Waals surface area contributed by atoms with Crippen LogP contribution in [0.25, 0.3) is 0 Å². The van der Waals surface area contributed by atoms with Crippen LogP contribution in [0.1, 0.15) is 42.6 Å². The highest BCUT2D eigenvalue weighted by atomic mass is 35.5. The Morgan fingerprint density at radius 3 is 2.48 bits per heavy atom. The van der Waals surface area contributed by atoms with Gasteiger partial charge in [-0.2, -0.15) is 4.31 Å². The third-order valence-electron chi connectivity index (χ3n) is 5.98. The van der Waals surface area contributed by atoms with Crippen molar-refractivity contribution in [1.82, 2.24) is 9.21 Å². The van der Waals surface area contributed by atoms with Gasteiger partial charge < -0.3 is 10.6 Å². The van der Waals surface area contributed by atoms with Crippen LogP contribution in [0.3, 0.4) is 0 Å². The molecule has 3 rings (SSSR count). The fraction of sp³-hybridized carbons (Fsp3) is 0.632. The summed E-state index contributed by atoms with van der Waals surface area (Å²) in [7, 11) is -3.58. The molecule has 8 heteroatoms. The van der Waals surface area contributed by atoms with Gasteiger partial charge in [-0.05, 0) is 49.3 Å². The Labute approximate surface area is 168 Å². The van der Waals surface area contributed by atoms with Crippen molar-refractivity contribution >= 4 is 28.3 Å². The predicted molar refractivity (Wildman–Crippen MR) is 109 cm³/mol. The van der Waals surface area contributed by atoms with Gasteiger partial charge in [0, 0.05) is 37.8 Å². The second kappa shape index (κ2) is 8.47. The average molecular weight is 416 g/mol. The molecule has 152 valence electrons. The summed E-state index contributed by atoms with van der Waals surface area (Å²) in [5.41, 5.74) is 7.45. The van der Waals surface area contributed by atoms with Gasteiger partial charge in [0.1, 0.15) is 0 Å². The van der Waals surface area contributed by atoms with E-state index >= 15 is 0 Å². The van der Waals surface area contributed by atoms with Gasteiger partial charge in [-0.15, -0.1) is 12.4 Å². The summed E-state index contributed by atoms with van der Waals surface area (Å²) in [6, 6.07) is 5.04.